The van der Waals surface area contributed by atoms with Gasteiger partial charge in [0.15, 0.2) is 0 Å². The van der Waals surface area contributed by atoms with Crippen LogP contribution in [0.3, 0.4) is 0 Å². The third-order valence-corrected chi connectivity index (χ3v) is 4.84. The van der Waals surface area contributed by atoms with E-state index in [0.29, 0.717) is 30.3 Å². The summed E-state index contributed by atoms with van der Waals surface area (Å²) in [5, 5.41) is 6.32. The fourth-order valence-corrected chi connectivity index (χ4v) is 3.31. The molecule has 4 rings (SSSR count). The Labute approximate surface area is 185 Å². The summed E-state index contributed by atoms with van der Waals surface area (Å²) in [5.41, 5.74) is 3.11. The molecule has 0 bridgehead atoms. The number of urea groups is 1. The van der Waals surface area contributed by atoms with Crippen LogP contribution in [-0.4, -0.2) is 31.3 Å². The molecule has 0 saturated heterocycles. The number of benzene rings is 3. The minimum absolute atomic E-state index is 0.218. The fraction of sp³-hybridized carbons (Fsp3) is 0.120. The van der Waals surface area contributed by atoms with Crippen molar-refractivity contribution in [3.63, 3.8) is 0 Å². The van der Waals surface area contributed by atoms with Crippen LogP contribution < -0.4 is 20.9 Å². The minimum atomic E-state index is -0.282. The first-order valence-electron chi connectivity index (χ1n) is 10.2. The van der Waals surface area contributed by atoms with Crippen molar-refractivity contribution in [1.82, 2.24) is 10.3 Å². The molecule has 0 saturated carbocycles. The van der Waals surface area contributed by atoms with E-state index in [1.54, 1.807) is 7.11 Å². The second-order valence-electron chi connectivity index (χ2n) is 7.12. The van der Waals surface area contributed by atoms with Gasteiger partial charge in [0.05, 0.1) is 12.1 Å². The van der Waals surface area contributed by atoms with Crippen molar-refractivity contribution in [2.24, 2.45) is 0 Å². The zero-order valence-electron chi connectivity index (χ0n) is 17.6. The molecule has 3 aromatic carbocycles. The van der Waals surface area contributed by atoms with Crippen LogP contribution in [0.25, 0.3) is 22.0 Å². The molecule has 4 aromatic rings. The summed E-state index contributed by atoms with van der Waals surface area (Å²) in [4.78, 5) is 26.7. The van der Waals surface area contributed by atoms with E-state index in [4.69, 9.17) is 9.47 Å². The van der Waals surface area contributed by atoms with Gasteiger partial charge in [0.25, 0.3) is 5.56 Å². The molecule has 7 heteroatoms. The summed E-state index contributed by atoms with van der Waals surface area (Å²) in [7, 11) is 1.58. The molecule has 0 unspecified atom stereocenters. The van der Waals surface area contributed by atoms with Crippen molar-refractivity contribution in [3.8, 4) is 22.6 Å². The Kier molecular flexibility index (Phi) is 6.48. The molecule has 0 aliphatic rings. The Morgan fingerprint density at radius 1 is 0.938 bits per heavy atom. The molecule has 1 aromatic heterocycles. The number of nitrogens with one attached hydrogen (secondary N) is 3. The van der Waals surface area contributed by atoms with Crippen molar-refractivity contribution in [1.29, 1.82) is 0 Å². The number of anilines is 1. The lowest BCUT2D eigenvalue weighted by Crippen LogP contribution is -2.31. The Hall–Kier alpha value is -4.10. The maximum Gasteiger partial charge on any atom is 0.319 e. The zero-order valence-corrected chi connectivity index (χ0v) is 17.6. The smallest absolute Gasteiger partial charge is 0.319 e. The summed E-state index contributed by atoms with van der Waals surface area (Å²) < 4.78 is 11.0. The van der Waals surface area contributed by atoms with Crippen LogP contribution in [-0.2, 0) is 4.74 Å². The van der Waals surface area contributed by atoms with Gasteiger partial charge in [-0.05, 0) is 47.5 Å². The number of methoxy groups -OCH3 is 1. The summed E-state index contributed by atoms with van der Waals surface area (Å²) in [6.07, 6.45) is 0. The SMILES string of the molecule is COCCNC(=O)Nc1ccc(-c2cccc(Oc3cc(=O)[nH]c4ccccc34)c2)cc1. The molecule has 7 nitrogen and oxygen atoms in total. The van der Waals surface area contributed by atoms with E-state index in [1.165, 1.54) is 6.07 Å². The molecule has 0 atom stereocenters. The second-order valence-corrected chi connectivity index (χ2v) is 7.12. The van der Waals surface area contributed by atoms with Crippen molar-refractivity contribution in [2.45, 2.75) is 0 Å². The highest BCUT2D eigenvalue weighted by Gasteiger charge is 2.07. The van der Waals surface area contributed by atoms with Crippen LogP contribution in [0.4, 0.5) is 10.5 Å². The molecule has 0 fully saturated rings. The molecule has 2 amide bonds. The van der Waals surface area contributed by atoms with Crippen molar-refractivity contribution < 1.29 is 14.3 Å². The van der Waals surface area contributed by atoms with Crippen LogP contribution >= 0.6 is 0 Å². The van der Waals surface area contributed by atoms with Gasteiger partial charge in [0.2, 0.25) is 0 Å². The van der Waals surface area contributed by atoms with Crippen molar-refractivity contribution in [2.75, 3.05) is 25.6 Å². The average molecular weight is 429 g/mol. The lowest BCUT2D eigenvalue weighted by atomic mass is 10.1. The number of carbonyl (C=O) groups excluding carboxylic acids is 1. The van der Waals surface area contributed by atoms with Crippen LogP contribution in [0.1, 0.15) is 0 Å². The topological polar surface area (TPSA) is 92.4 Å². The number of aromatic nitrogens is 1. The normalized spacial score (nSPS) is 10.7. The maximum atomic E-state index is 12.0. The minimum Gasteiger partial charge on any atom is -0.456 e. The van der Waals surface area contributed by atoms with Gasteiger partial charge >= 0.3 is 6.03 Å². The lowest BCUT2D eigenvalue weighted by molar-refractivity contribution is 0.198. The predicted molar refractivity (Wildman–Crippen MR) is 125 cm³/mol. The van der Waals surface area contributed by atoms with E-state index < -0.39 is 0 Å². The van der Waals surface area contributed by atoms with E-state index >= 15 is 0 Å². The van der Waals surface area contributed by atoms with Crippen LogP contribution in [0.2, 0.25) is 0 Å². The molecular weight excluding hydrogens is 406 g/mol. The van der Waals surface area contributed by atoms with E-state index in [1.807, 2.05) is 72.8 Å². The highest BCUT2D eigenvalue weighted by Crippen LogP contribution is 2.30. The predicted octanol–water partition coefficient (Wildman–Crippen LogP) is 4.76. The summed E-state index contributed by atoms with van der Waals surface area (Å²) in [6.45, 7) is 0.897. The number of aromatic amines is 1. The number of hydrogen-bond donors (Lipinski definition) is 3. The van der Waals surface area contributed by atoms with Gasteiger partial charge in [0, 0.05) is 30.8 Å². The number of rotatable bonds is 7. The van der Waals surface area contributed by atoms with Crippen LogP contribution in [0, 0.1) is 0 Å². The third kappa shape index (κ3) is 5.14. The molecule has 3 N–H and O–H groups in total. The Morgan fingerprint density at radius 3 is 2.56 bits per heavy atom. The maximum absolute atomic E-state index is 12.0. The molecular formula is C25H23N3O4. The van der Waals surface area contributed by atoms with Crippen LogP contribution in [0.5, 0.6) is 11.5 Å². The van der Waals surface area contributed by atoms with E-state index in [2.05, 4.69) is 15.6 Å². The number of para-hydroxylation sites is 1. The first-order valence-corrected chi connectivity index (χ1v) is 10.2. The van der Waals surface area contributed by atoms with Gasteiger partial charge in [-0.25, -0.2) is 4.79 Å². The third-order valence-electron chi connectivity index (χ3n) is 4.84. The molecule has 32 heavy (non-hydrogen) atoms. The summed E-state index contributed by atoms with van der Waals surface area (Å²) in [6, 6.07) is 23.8. The Balaban J connectivity index is 1.50. The molecule has 0 aliphatic heterocycles. The number of carbonyl (C=O) groups is 1. The van der Waals surface area contributed by atoms with Crippen molar-refractivity contribution in [3.05, 3.63) is 89.2 Å². The average Bonchev–Trinajstić information content (AvgIpc) is 2.80. The Morgan fingerprint density at radius 2 is 1.75 bits per heavy atom. The van der Waals surface area contributed by atoms with Gasteiger partial charge in [-0.3, -0.25) is 4.79 Å². The largest absolute Gasteiger partial charge is 0.456 e. The molecule has 1 heterocycles. The van der Waals surface area contributed by atoms with Gasteiger partial charge in [-0.15, -0.1) is 0 Å². The van der Waals surface area contributed by atoms with E-state index in [-0.39, 0.29) is 11.6 Å². The van der Waals surface area contributed by atoms with Gasteiger partial charge in [-0.2, -0.15) is 0 Å². The number of fused-ring (bicyclic) bond motifs is 1. The van der Waals surface area contributed by atoms with Gasteiger partial charge in [-0.1, -0.05) is 36.4 Å². The standard InChI is InChI=1S/C25H23N3O4/c1-31-14-13-26-25(30)27-19-11-9-17(10-12-19)18-5-4-6-20(15-18)32-23-16-24(29)28-22-8-3-2-7-21(22)23/h2-12,15-16H,13-14H2,1H3,(H,28,29)(H2,26,27,30). The number of amides is 2. The first kappa shape index (κ1) is 21.1. The van der Waals surface area contributed by atoms with Gasteiger partial charge in [0.1, 0.15) is 11.5 Å². The van der Waals surface area contributed by atoms with Gasteiger partial charge < -0.3 is 25.1 Å². The quantitative estimate of drug-likeness (QED) is 0.370. The molecule has 162 valence electrons. The summed E-state index contributed by atoms with van der Waals surface area (Å²) >= 11 is 0. The molecule has 0 aliphatic carbocycles. The monoisotopic (exact) mass is 429 g/mol. The fourth-order valence-electron chi connectivity index (χ4n) is 3.31. The van der Waals surface area contributed by atoms with E-state index in [0.717, 1.165) is 22.0 Å². The highest BCUT2D eigenvalue weighted by molar-refractivity contribution is 5.89. The van der Waals surface area contributed by atoms with Crippen molar-refractivity contribution >= 4 is 22.6 Å². The Bertz CT molecular complexity index is 1280. The number of H-pyrrole nitrogens is 1. The van der Waals surface area contributed by atoms with Crippen LogP contribution in [0.15, 0.2) is 83.7 Å². The number of ether oxygens (including phenoxy) is 2. The second kappa shape index (κ2) is 9.80. The lowest BCUT2D eigenvalue weighted by Gasteiger charge is -2.11. The molecule has 0 radical (unpaired) electrons. The first-order chi connectivity index (χ1) is 15.6. The van der Waals surface area contributed by atoms with E-state index in [9.17, 15) is 9.59 Å². The highest BCUT2D eigenvalue weighted by atomic mass is 16.5. The number of hydrogen-bond acceptors (Lipinski definition) is 4. The number of pyridine rings is 1. The summed E-state index contributed by atoms with van der Waals surface area (Å²) in [5.74, 6) is 1.12. The zero-order chi connectivity index (χ0) is 22.3. The molecule has 0 spiro atoms.